The average molecular weight is 465 g/mol. The Morgan fingerprint density at radius 2 is 1.68 bits per heavy atom. The molecular weight excluding hydrogens is 436 g/mol. The van der Waals surface area contributed by atoms with E-state index in [0.717, 1.165) is 11.3 Å². The third kappa shape index (κ3) is 5.18. The van der Waals surface area contributed by atoms with Crippen LogP contribution in [0.25, 0.3) is 0 Å². The van der Waals surface area contributed by atoms with Crippen LogP contribution in [-0.2, 0) is 25.5 Å². The van der Waals surface area contributed by atoms with E-state index >= 15 is 0 Å². The van der Waals surface area contributed by atoms with Gasteiger partial charge in [-0.05, 0) is 55.7 Å². The Bertz CT molecular complexity index is 955. The van der Waals surface area contributed by atoms with Gasteiger partial charge < -0.3 is 14.2 Å². The van der Waals surface area contributed by atoms with Crippen LogP contribution in [0.5, 0.6) is 11.5 Å². The first-order valence-electron chi connectivity index (χ1n) is 9.93. The summed E-state index contributed by atoms with van der Waals surface area (Å²) in [5, 5.41) is 0.433. The fraction of sp³-hybridized carbons (Fsp3) is 0.417. The molecule has 1 atom stereocenters. The Morgan fingerprint density at radius 1 is 1.06 bits per heavy atom. The summed E-state index contributed by atoms with van der Waals surface area (Å²) in [6.45, 7) is 7.15. The Hall–Kier alpha value is -2.18. The van der Waals surface area contributed by atoms with Crippen molar-refractivity contribution in [2.75, 3.05) is 20.8 Å². The number of hydrogen-bond acceptors (Lipinski definition) is 6. The standard InChI is InChI=1S/C24H29ClO5S/c1-7-30-22(27)24(31,20-15(2)12-17(25)13-19(20)29-6)21(26)23(3,4)14-16-8-10-18(28-5)11-9-16/h8-13,31H,7,14H2,1-6H3. The van der Waals surface area contributed by atoms with E-state index in [1.807, 2.05) is 24.3 Å². The zero-order valence-electron chi connectivity index (χ0n) is 18.7. The normalized spacial score (nSPS) is 13.3. The largest absolute Gasteiger partial charge is 0.497 e. The van der Waals surface area contributed by atoms with E-state index in [0.29, 0.717) is 28.3 Å². The van der Waals surface area contributed by atoms with Gasteiger partial charge in [-0.3, -0.25) is 4.79 Å². The van der Waals surface area contributed by atoms with Crippen molar-refractivity contribution in [2.45, 2.75) is 38.9 Å². The van der Waals surface area contributed by atoms with E-state index in [2.05, 4.69) is 12.6 Å². The van der Waals surface area contributed by atoms with Gasteiger partial charge in [-0.2, -0.15) is 0 Å². The number of methoxy groups -OCH3 is 2. The molecule has 0 fully saturated rings. The molecule has 2 aromatic carbocycles. The molecule has 0 aromatic heterocycles. The average Bonchev–Trinajstić information content (AvgIpc) is 2.72. The van der Waals surface area contributed by atoms with Crippen molar-refractivity contribution < 1.29 is 23.8 Å². The van der Waals surface area contributed by atoms with Crippen LogP contribution in [0.4, 0.5) is 0 Å². The molecule has 0 saturated carbocycles. The van der Waals surface area contributed by atoms with E-state index in [4.69, 9.17) is 25.8 Å². The van der Waals surface area contributed by atoms with Crippen LogP contribution in [-0.4, -0.2) is 32.6 Å². The van der Waals surface area contributed by atoms with Gasteiger partial charge in [0.05, 0.1) is 20.8 Å². The van der Waals surface area contributed by atoms with Crippen LogP contribution in [0.3, 0.4) is 0 Å². The summed E-state index contributed by atoms with van der Waals surface area (Å²) in [5.41, 5.74) is 0.939. The number of ketones is 1. The number of ether oxygens (including phenoxy) is 3. The molecule has 0 aliphatic heterocycles. The van der Waals surface area contributed by atoms with Crippen molar-refractivity contribution in [1.29, 1.82) is 0 Å². The van der Waals surface area contributed by atoms with Gasteiger partial charge >= 0.3 is 5.97 Å². The van der Waals surface area contributed by atoms with Crippen molar-refractivity contribution in [1.82, 2.24) is 0 Å². The third-order valence-corrected chi connectivity index (χ3v) is 5.99. The maximum absolute atomic E-state index is 13.9. The van der Waals surface area contributed by atoms with Crippen LogP contribution in [0, 0.1) is 12.3 Å². The number of carbonyl (C=O) groups is 2. The van der Waals surface area contributed by atoms with Gasteiger partial charge in [-0.1, -0.05) is 37.6 Å². The highest BCUT2D eigenvalue weighted by Crippen LogP contribution is 2.45. The minimum Gasteiger partial charge on any atom is -0.497 e. The molecule has 0 heterocycles. The van der Waals surface area contributed by atoms with Crippen molar-refractivity contribution >= 4 is 36.0 Å². The fourth-order valence-corrected chi connectivity index (χ4v) is 4.62. The molecular formula is C24H29ClO5S. The van der Waals surface area contributed by atoms with Gasteiger partial charge in [-0.15, -0.1) is 12.6 Å². The van der Waals surface area contributed by atoms with Crippen LogP contribution in [0.1, 0.15) is 37.5 Å². The predicted octanol–water partition coefficient (Wildman–Crippen LogP) is 5.19. The molecule has 2 rings (SSSR count). The second-order valence-corrected chi connectivity index (χ2v) is 9.08. The van der Waals surface area contributed by atoms with Crippen LogP contribution >= 0.6 is 24.2 Å². The number of Topliss-reactive ketones (excluding diaryl/α,β-unsaturated/α-hetero) is 1. The lowest BCUT2D eigenvalue weighted by atomic mass is 9.73. The molecule has 168 valence electrons. The molecule has 1 unspecified atom stereocenters. The topological polar surface area (TPSA) is 61.8 Å². The summed E-state index contributed by atoms with van der Waals surface area (Å²) in [7, 11) is 3.06. The van der Waals surface area contributed by atoms with Crippen LogP contribution < -0.4 is 9.47 Å². The number of halogens is 1. The Balaban J connectivity index is 2.59. The first kappa shape index (κ1) is 25.1. The smallest absolute Gasteiger partial charge is 0.334 e. The fourth-order valence-electron chi connectivity index (χ4n) is 3.70. The number of thiol groups is 1. The van der Waals surface area contributed by atoms with Gasteiger partial charge in [0.15, 0.2) is 10.5 Å². The monoisotopic (exact) mass is 464 g/mol. The molecule has 0 spiro atoms. The summed E-state index contributed by atoms with van der Waals surface area (Å²) in [5.74, 6) is -0.0951. The Labute approximate surface area is 194 Å². The first-order chi connectivity index (χ1) is 14.5. The van der Waals surface area contributed by atoms with Gasteiger partial charge in [-0.25, -0.2) is 4.79 Å². The van der Waals surface area contributed by atoms with Crippen molar-refractivity contribution in [3.8, 4) is 11.5 Å². The molecule has 0 aliphatic carbocycles. The number of rotatable bonds is 9. The van der Waals surface area contributed by atoms with Crippen molar-refractivity contribution in [3.05, 3.63) is 58.1 Å². The quantitative estimate of drug-likeness (QED) is 0.314. The maximum atomic E-state index is 13.9. The van der Waals surface area contributed by atoms with Gasteiger partial charge in [0.1, 0.15) is 11.5 Å². The molecule has 7 heteroatoms. The van der Waals surface area contributed by atoms with Crippen LogP contribution in [0.2, 0.25) is 5.02 Å². The lowest BCUT2D eigenvalue weighted by Gasteiger charge is -2.35. The molecule has 0 N–H and O–H groups in total. The molecule has 0 radical (unpaired) electrons. The highest BCUT2D eigenvalue weighted by Gasteiger charge is 2.53. The minimum absolute atomic E-state index is 0.113. The maximum Gasteiger partial charge on any atom is 0.334 e. The second kappa shape index (κ2) is 9.96. The van der Waals surface area contributed by atoms with Crippen LogP contribution in [0.15, 0.2) is 36.4 Å². The lowest BCUT2D eigenvalue weighted by molar-refractivity contribution is -0.152. The van der Waals surface area contributed by atoms with Gasteiger partial charge in [0.2, 0.25) is 0 Å². The predicted molar refractivity (Wildman–Crippen MR) is 126 cm³/mol. The number of aryl methyl sites for hydroxylation is 1. The summed E-state index contributed by atoms with van der Waals surface area (Å²) < 4.78 is 14.1. The zero-order chi connectivity index (χ0) is 23.4. The summed E-state index contributed by atoms with van der Waals surface area (Å²) in [4.78, 5) is 27.1. The molecule has 0 amide bonds. The molecule has 5 nitrogen and oxygen atoms in total. The Morgan fingerprint density at radius 3 is 2.19 bits per heavy atom. The van der Waals surface area contributed by atoms with E-state index in [9.17, 15) is 9.59 Å². The summed E-state index contributed by atoms with van der Waals surface area (Å²) in [6.07, 6.45) is 0.395. The van der Waals surface area contributed by atoms with E-state index in [1.165, 1.54) is 7.11 Å². The molecule has 0 aliphatic rings. The summed E-state index contributed by atoms with van der Waals surface area (Å²) in [6, 6.07) is 10.7. The molecule has 0 bridgehead atoms. The van der Waals surface area contributed by atoms with E-state index in [1.54, 1.807) is 46.9 Å². The molecule has 2 aromatic rings. The third-order valence-electron chi connectivity index (χ3n) is 5.17. The van der Waals surface area contributed by atoms with E-state index < -0.39 is 16.1 Å². The highest BCUT2D eigenvalue weighted by atomic mass is 35.5. The molecule has 0 saturated heterocycles. The Kier molecular flexibility index (Phi) is 8.06. The van der Waals surface area contributed by atoms with E-state index in [-0.39, 0.29) is 12.4 Å². The van der Waals surface area contributed by atoms with Gasteiger partial charge in [0.25, 0.3) is 0 Å². The first-order valence-corrected chi connectivity index (χ1v) is 10.8. The lowest BCUT2D eigenvalue weighted by Crippen LogP contribution is -2.48. The van der Waals surface area contributed by atoms with Gasteiger partial charge in [0, 0.05) is 16.0 Å². The van der Waals surface area contributed by atoms with Crippen molar-refractivity contribution in [3.63, 3.8) is 0 Å². The number of benzene rings is 2. The second-order valence-electron chi connectivity index (χ2n) is 7.97. The number of esters is 1. The van der Waals surface area contributed by atoms with Crippen molar-refractivity contribution in [2.24, 2.45) is 5.41 Å². The SMILES string of the molecule is CCOC(=O)C(S)(C(=O)C(C)(C)Cc1ccc(OC)cc1)c1c(C)cc(Cl)cc1OC. The number of hydrogen-bond donors (Lipinski definition) is 1. The minimum atomic E-state index is -1.87. The summed E-state index contributed by atoms with van der Waals surface area (Å²) >= 11 is 10.9. The highest BCUT2D eigenvalue weighted by molar-refractivity contribution is 7.83. The number of carbonyl (C=O) groups excluding carboxylic acids is 2. The zero-order valence-corrected chi connectivity index (χ0v) is 20.4. The molecule has 31 heavy (non-hydrogen) atoms.